The number of methoxy groups -OCH3 is 1. The molecule has 0 saturated carbocycles. The van der Waals surface area contributed by atoms with Crippen molar-refractivity contribution in [1.82, 2.24) is 4.98 Å². The normalized spacial score (nSPS) is 10.1. The van der Waals surface area contributed by atoms with Gasteiger partial charge in [-0.3, -0.25) is 0 Å². The van der Waals surface area contributed by atoms with Crippen LogP contribution in [-0.2, 0) is 6.54 Å². The van der Waals surface area contributed by atoms with Gasteiger partial charge < -0.3 is 15.0 Å². The molecule has 0 unspecified atom stereocenters. The molecular formula is C12H13ClN2O. The molecule has 2 rings (SSSR count). The average molecular weight is 237 g/mol. The van der Waals surface area contributed by atoms with Gasteiger partial charge in [0.15, 0.2) is 0 Å². The number of nitrogens with one attached hydrogen (secondary N) is 2. The third-order valence-corrected chi connectivity index (χ3v) is 2.53. The van der Waals surface area contributed by atoms with Gasteiger partial charge in [-0.15, -0.1) is 0 Å². The maximum absolute atomic E-state index is 5.93. The topological polar surface area (TPSA) is 37.0 Å². The van der Waals surface area contributed by atoms with Crippen LogP contribution in [0, 0.1) is 0 Å². The van der Waals surface area contributed by atoms with Gasteiger partial charge in [-0.2, -0.15) is 0 Å². The fraction of sp³-hybridized carbons (Fsp3) is 0.167. The highest BCUT2D eigenvalue weighted by Gasteiger charge is 2.03. The summed E-state index contributed by atoms with van der Waals surface area (Å²) in [5, 5.41) is 3.96. The quantitative estimate of drug-likeness (QED) is 0.855. The molecule has 3 nitrogen and oxygen atoms in total. The number of aromatic nitrogens is 1. The molecule has 1 heterocycles. The molecule has 0 bridgehead atoms. The van der Waals surface area contributed by atoms with Crippen LogP contribution in [0.1, 0.15) is 5.69 Å². The zero-order chi connectivity index (χ0) is 11.4. The lowest BCUT2D eigenvalue weighted by Crippen LogP contribution is -2.01. The molecule has 16 heavy (non-hydrogen) atoms. The molecule has 0 saturated heterocycles. The van der Waals surface area contributed by atoms with E-state index >= 15 is 0 Å². The molecule has 84 valence electrons. The molecule has 2 aromatic rings. The molecule has 0 aliphatic carbocycles. The number of ether oxygens (including phenoxy) is 1. The summed E-state index contributed by atoms with van der Waals surface area (Å²) in [6, 6.07) is 9.49. The Bertz CT molecular complexity index is 454. The number of anilines is 1. The highest BCUT2D eigenvalue weighted by molar-refractivity contribution is 6.30. The SMILES string of the molecule is COc1ccc(Cl)cc1NCc1ccc[nH]1. The second-order valence-corrected chi connectivity index (χ2v) is 3.83. The van der Waals surface area contributed by atoms with Crippen LogP contribution in [0.15, 0.2) is 36.5 Å². The lowest BCUT2D eigenvalue weighted by Gasteiger charge is -2.10. The Kier molecular flexibility index (Phi) is 3.37. The van der Waals surface area contributed by atoms with Crippen LogP contribution in [0.3, 0.4) is 0 Å². The Hall–Kier alpha value is -1.61. The van der Waals surface area contributed by atoms with Crippen molar-refractivity contribution >= 4 is 17.3 Å². The predicted octanol–water partition coefficient (Wildman–Crippen LogP) is 3.29. The summed E-state index contributed by atoms with van der Waals surface area (Å²) in [5.74, 6) is 0.788. The predicted molar refractivity (Wildman–Crippen MR) is 66.1 cm³/mol. The minimum absolute atomic E-state index is 0.690. The van der Waals surface area contributed by atoms with Crippen molar-refractivity contribution < 1.29 is 4.74 Å². The molecule has 0 aliphatic rings. The summed E-state index contributed by atoms with van der Waals surface area (Å²) < 4.78 is 5.24. The third kappa shape index (κ3) is 2.49. The monoisotopic (exact) mass is 236 g/mol. The number of benzene rings is 1. The summed E-state index contributed by atoms with van der Waals surface area (Å²) in [5.41, 5.74) is 2.01. The molecule has 0 atom stereocenters. The Morgan fingerprint density at radius 2 is 2.25 bits per heavy atom. The largest absolute Gasteiger partial charge is 0.495 e. The minimum atomic E-state index is 0.690. The van der Waals surface area contributed by atoms with E-state index in [1.165, 1.54) is 0 Å². The lowest BCUT2D eigenvalue weighted by atomic mass is 10.3. The zero-order valence-electron chi connectivity index (χ0n) is 8.96. The van der Waals surface area contributed by atoms with Gasteiger partial charge in [0.05, 0.1) is 19.3 Å². The second-order valence-electron chi connectivity index (χ2n) is 3.39. The first-order chi connectivity index (χ1) is 7.79. The van der Waals surface area contributed by atoms with Gasteiger partial charge in [0.2, 0.25) is 0 Å². The van der Waals surface area contributed by atoms with Gasteiger partial charge in [-0.25, -0.2) is 0 Å². The van der Waals surface area contributed by atoms with E-state index in [0.29, 0.717) is 11.6 Å². The third-order valence-electron chi connectivity index (χ3n) is 2.29. The molecule has 1 aromatic heterocycles. The second kappa shape index (κ2) is 4.94. The number of hydrogen-bond donors (Lipinski definition) is 2. The van der Waals surface area contributed by atoms with Crippen molar-refractivity contribution in [1.29, 1.82) is 0 Å². The number of hydrogen-bond acceptors (Lipinski definition) is 2. The van der Waals surface area contributed by atoms with Crippen LogP contribution in [-0.4, -0.2) is 12.1 Å². The van der Waals surface area contributed by atoms with Crippen molar-refractivity contribution in [3.8, 4) is 5.75 Å². The van der Waals surface area contributed by atoms with Crippen molar-refractivity contribution in [3.63, 3.8) is 0 Å². The van der Waals surface area contributed by atoms with Crippen LogP contribution < -0.4 is 10.1 Å². The number of halogens is 1. The first-order valence-electron chi connectivity index (χ1n) is 4.99. The van der Waals surface area contributed by atoms with E-state index in [9.17, 15) is 0 Å². The van der Waals surface area contributed by atoms with E-state index in [1.54, 1.807) is 13.2 Å². The Morgan fingerprint density at radius 1 is 1.38 bits per heavy atom. The molecule has 4 heteroatoms. The number of H-pyrrole nitrogens is 1. The molecule has 0 fully saturated rings. The van der Waals surface area contributed by atoms with Crippen LogP contribution in [0.2, 0.25) is 5.02 Å². The lowest BCUT2D eigenvalue weighted by molar-refractivity contribution is 0.416. The van der Waals surface area contributed by atoms with E-state index in [2.05, 4.69) is 10.3 Å². The van der Waals surface area contributed by atoms with Crippen molar-refractivity contribution in [3.05, 3.63) is 47.2 Å². The summed E-state index contributed by atoms with van der Waals surface area (Å²) in [4.78, 5) is 3.12. The smallest absolute Gasteiger partial charge is 0.142 e. The molecule has 1 aromatic carbocycles. The van der Waals surface area contributed by atoms with Gasteiger partial charge in [-0.05, 0) is 30.3 Å². The number of aromatic amines is 1. The van der Waals surface area contributed by atoms with Gasteiger partial charge in [0, 0.05) is 16.9 Å². The molecule has 0 aliphatic heterocycles. The van der Waals surface area contributed by atoms with Crippen molar-refractivity contribution in [2.75, 3.05) is 12.4 Å². The van der Waals surface area contributed by atoms with Gasteiger partial charge in [0.25, 0.3) is 0 Å². The van der Waals surface area contributed by atoms with Crippen molar-refractivity contribution in [2.45, 2.75) is 6.54 Å². The standard InChI is InChI=1S/C12H13ClN2O/c1-16-12-5-4-9(13)7-11(12)15-8-10-3-2-6-14-10/h2-7,14-15H,8H2,1H3. The maximum Gasteiger partial charge on any atom is 0.142 e. The average Bonchev–Trinajstić information content (AvgIpc) is 2.79. The first kappa shape index (κ1) is 10.9. The molecule has 0 radical (unpaired) electrons. The first-order valence-corrected chi connectivity index (χ1v) is 5.37. The van der Waals surface area contributed by atoms with E-state index in [-0.39, 0.29) is 0 Å². The number of rotatable bonds is 4. The fourth-order valence-corrected chi connectivity index (χ4v) is 1.66. The Labute approximate surface area is 99.4 Å². The van der Waals surface area contributed by atoms with Gasteiger partial charge in [0.1, 0.15) is 5.75 Å². The summed E-state index contributed by atoms with van der Waals surface area (Å²) in [7, 11) is 1.64. The summed E-state index contributed by atoms with van der Waals surface area (Å²) >= 11 is 5.93. The van der Waals surface area contributed by atoms with Gasteiger partial charge >= 0.3 is 0 Å². The Balaban J connectivity index is 2.11. The fourth-order valence-electron chi connectivity index (χ4n) is 1.49. The van der Waals surface area contributed by atoms with Crippen molar-refractivity contribution in [2.24, 2.45) is 0 Å². The molecule has 2 N–H and O–H groups in total. The highest BCUT2D eigenvalue weighted by atomic mass is 35.5. The Morgan fingerprint density at radius 3 is 2.94 bits per heavy atom. The van der Waals surface area contributed by atoms with Crippen LogP contribution >= 0.6 is 11.6 Å². The highest BCUT2D eigenvalue weighted by Crippen LogP contribution is 2.27. The van der Waals surface area contributed by atoms with Crippen LogP contribution in [0.5, 0.6) is 5.75 Å². The van der Waals surface area contributed by atoms with E-state index < -0.39 is 0 Å². The summed E-state index contributed by atoms with van der Waals surface area (Å²) in [6.45, 7) is 0.712. The van der Waals surface area contributed by atoms with E-state index in [0.717, 1.165) is 17.1 Å². The molecule has 0 amide bonds. The van der Waals surface area contributed by atoms with E-state index in [4.69, 9.17) is 16.3 Å². The zero-order valence-corrected chi connectivity index (χ0v) is 9.71. The maximum atomic E-state index is 5.93. The van der Waals surface area contributed by atoms with Gasteiger partial charge in [-0.1, -0.05) is 11.6 Å². The van der Waals surface area contributed by atoms with Crippen LogP contribution in [0.25, 0.3) is 0 Å². The van der Waals surface area contributed by atoms with E-state index in [1.807, 2.05) is 30.5 Å². The summed E-state index contributed by atoms with van der Waals surface area (Å²) in [6.07, 6.45) is 1.90. The minimum Gasteiger partial charge on any atom is -0.495 e. The van der Waals surface area contributed by atoms with Crippen LogP contribution in [0.4, 0.5) is 5.69 Å². The molecule has 0 spiro atoms. The molecular weight excluding hydrogens is 224 g/mol.